The molecule has 1 aliphatic rings. The van der Waals surface area contributed by atoms with Gasteiger partial charge in [-0.1, -0.05) is 56.5 Å². The molecule has 0 radical (unpaired) electrons. The average Bonchev–Trinajstić information content (AvgIpc) is 2.78. The first-order chi connectivity index (χ1) is 15.9. The van der Waals surface area contributed by atoms with Crippen LogP contribution in [0.15, 0.2) is 42.5 Å². The Morgan fingerprint density at radius 1 is 1.03 bits per heavy atom. The Morgan fingerprint density at radius 3 is 2.33 bits per heavy atom. The summed E-state index contributed by atoms with van der Waals surface area (Å²) in [7, 11) is 0. The summed E-state index contributed by atoms with van der Waals surface area (Å²) < 4.78 is 5.88. The normalized spacial score (nSPS) is 15.0. The van der Waals surface area contributed by atoms with Crippen molar-refractivity contribution in [2.24, 2.45) is 0 Å². The molecule has 0 heterocycles. The standard InChI is InChI=1S/C28H38N2O3/c1-5-26(28(32)29-24-13-7-6-8-14-24)30(18-23-12-10-9-11-22(23)4)27(31)19-33-25-16-20(2)15-21(3)17-25/h9-12,15-17,24,26H,5-8,13-14,18-19H2,1-4H3,(H,29,32)/t26-/m0/s1. The molecule has 2 aromatic carbocycles. The highest BCUT2D eigenvalue weighted by Crippen LogP contribution is 2.21. The molecular formula is C28H38N2O3. The molecule has 178 valence electrons. The number of rotatable bonds is 9. The van der Waals surface area contributed by atoms with Gasteiger partial charge in [-0.25, -0.2) is 0 Å². The van der Waals surface area contributed by atoms with E-state index < -0.39 is 6.04 Å². The number of carbonyl (C=O) groups is 2. The molecule has 0 aliphatic heterocycles. The van der Waals surface area contributed by atoms with Crippen molar-refractivity contribution in [3.05, 3.63) is 64.7 Å². The van der Waals surface area contributed by atoms with Crippen molar-refractivity contribution in [2.45, 2.75) is 84.8 Å². The van der Waals surface area contributed by atoms with Gasteiger partial charge in [0.2, 0.25) is 5.91 Å². The van der Waals surface area contributed by atoms with E-state index in [0.717, 1.165) is 47.9 Å². The highest BCUT2D eigenvalue weighted by atomic mass is 16.5. The van der Waals surface area contributed by atoms with Crippen LogP contribution in [0.25, 0.3) is 0 Å². The van der Waals surface area contributed by atoms with Crippen molar-refractivity contribution in [1.82, 2.24) is 10.2 Å². The summed E-state index contributed by atoms with van der Waals surface area (Å²) in [5.41, 5.74) is 4.33. The molecule has 1 saturated carbocycles. The predicted molar refractivity (Wildman–Crippen MR) is 132 cm³/mol. The Morgan fingerprint density at radius 2 is 1.70 bits per heavy atom. The van der Waals surface area contributed by atoms with Crippen molar-refractivity contribution < 1.29 is 14.3 Å². The molecule has 2 aromatic rings. The maximum atomic E-state index is 13.4. The Hall–Kier alpha value is -2.82. The van der Waals surface area contributed by atoms with Crippen LogP contribution in [0, 0.1) is 20.8 Å². The molecule has 5 nitrogen and oxygen atoms in total. The lowest BCUT2D eigenvalue weighted by atomic mass is 9.95. The van der Waals surface area contributed by atoms with Crippen LogP contribution >= 0.6 is 0 Å². The third-order valence-corrected chi connectivity index (χ3v) is 6.50. The number of ether oxygens (including phenoxy) is 1. The Balaban J connectivity index is 1.78. The number of benzene rings is 2. The molecule has 0 unspecified atom stereocenters. The molecule has 2 amide bonds. The molecule has 1 N–H and O–H groups in total. The van der Waals surface area contributed by atoms with Crippen molar-refractivity contribution >= 4 is 11.8 Å². The molecule has 0 aromatic heterocycles. The van der Waals surface area contributed by atoms with Gasteiger partial charge in [0.25, 0.3) is 5.91 Å². The third-order valence-electron chi connectivity index (χ3n) is 6.50. The van der Waals surface area contributed by atoms with Gasteiger partial charge in [0.15, 0.2) is 6.61 Å². The first-order valence-electron chi connectivity index (χ1n) is 12.2. The van der Waals surface area contributed by atoms with E-state index in [4.69, 9.17) is 4.74 Å². The minimum atomic E-state index is -0.526. The van der Waals surface area contributed by atoms with Gasteiger partial charge in [-0.3, -0.25) is 9.59 Å². The summed E-state index contributed by atoms with van der Waals surface area (Å²) in [6.07, 6.45) is 6.12. The summed E-state index contributed by atoms with van der Waals surface area (Å²) in [6, 6.07) is 13.6. The lowest BCUT2D eigenvalue weighted by molar-refractivity contribution is -0.143. The number of hydrogen-bond acceptors (Lipinski definition) is 3. The van der Waals surface area contributed by atoms with E-state index in [0.29, 0.717) is 18.7 Å². The second-order valence-corrected chi connectivity index (χ2v) is 9.33. The lowest BCUT2D eigenvalue weighted by Gasteiger charge is -2.33. The zero-order valence-corrected chi connectivity index (χ0v) is 20.5. The van der Waals surface area contributed by atoms with Crippen molar-refractivity contribution in [1.29, 1.82) is 0 Å². The number of nitrogens with zero attached hydrogens (tertiary/aromatic N) is 1. The molecule has 33 heavy (non-hydrogen) atoms. The second kappa shape index (κ2) is 11.9. The van der Waals surface area contributed by atoms with Gasteiger partial charge < -0.3 is 15.0 Å². The largest absolute Gasteiger partial charge is 0.484 e. The van der Waals surface area contributed by atoms with Crippen molar-refractivity contribution in [3.8, 4) is 5.75 Å². The maximum absolute atomic E-state index is 13.4. The van der Waals surface area contributed by atoms with Crippen LogP contribution in [0.2, 0.25) is 0 Å². The summed E-state index contributed by atoms with van der Waals surface area (Å²) in [4.78, 5) is 28.4. The van der Waals surface area contributed by atoms with Gasteiger partial charge in [0.05, 0.1) is 0 Å². The smallest absolute Gasteiger partial charge is 0.261 e. The van der Waals surface area contributed by atoms with Gasteiger partial charge in [-0.05, 0) is 74.4 Å². The summed E-state index contributed by atoms with van der Waals surface area (Å²) >= 11 is 0. The molecular weight excluding hydrogens is 412 g/mol. The summed E-state index contributed by atoms with van der Waals surface area (Å²) in [6.45, 7) is 8.31. The lowest BCUT2D eigenvalue weighted by Crippen LogP contribution is -2.52. The van der Waals surface area contributed by atoms with Crippen molar-refractivity contribution in [2.75, 3.05) is 6.61 Å². The first-order valence-corrected chi connectivity index (χ1v) is 12.2. The van der Waals surface area contributed by atoms with E-state index >= 15 is 0 Å². The number of hydrogen-bond donors (Lipinski definition) is 1. The van der Waals surface area contributed by atoms with E-state index in [1.807, 2.05) is 64.1 Å². The molecule has 1 atom stereocenters. The molecule has 5 heteroatoms. The summed E-state index contributed by atoms with van der Waals surface area (Å²) in [5, 5.41) is 3.22. The predicted octanol–water partition coefficient (Wildman–Crippen LogP) is 5.25. The van der Waals surface area contributed by atoms with Crippen molar-refractivity contribution in [3.63, 3.8) is 0 Å². The Kier molecular flexibility index (Phi) is 8.93. The third kappa shape index (κ3) is 7.08. The van der Waals surface area contributed by atoms with Gasteiger partial charge in [0, 0.05) is 12.6 Å². The molecule has 0 saturated heterocycles. The maximum Gasteiger partial charge on any atom is 0.261 e. The van der Waals surface area contributed by atoms with Crippen LogP contribution in [0.3, 0.4) is 0 Å². The highest BCUT2D eigenvalue weighted by Gasteiger charge is 2.30. The fourth-order valence-corrected chi connectivity index (χ4v) is 4.68. The quantitative estimate of drug-likeness (QED) is 0.568. The van der Waals surface area contributed by atoms with Crippen LogP contribution < -0.4 is 10.1 Å². The highest BCUT2D eigenvalue weighted by molar-refractivity contribution is 5.88. The minimum absolute atomic E-state index is 0.0577. The monoisotopic (exact) mass is 450 g/mol. The Labute approximate surface area is 198 Å². The molecule has 3 rings (SSSR count). The van der Waals surface area contributed by atoms with E-state index in [2.05, 4.69) is 11.4 Å². The molecule has 0 spiro atoms. The van der Waals surface area contributed by atoms with E-state index in [9.17, 15) is 9.59 Å². The van der Waals surface area contributed by atoms with Crippen LogP contribution in [0.4, 0.5) is 0 Å². The number of carbonyl (C=O) groups excluding carboxylic acids is 2. The number of aryl methyl sites for hydroxylation is 3. The van der Waals surface area contributed by atoms with Crippen LogP contribution in [0.5, 0.6) is 5.75 Å². The topological polar surface area (TPSA) is 58.6 Å². The molecule has 0 bridgehead atoms. The van der Waals surface area contributed by atoms with E-state index in [-0.39, 0.29) is 24.5 Å². The molecule has 1 aliphatic carbocycles. The SMILES string of the molecule is CC[C@@H](C(=O)NC1CCCCC1)N(Cc1ccccc1C)C(=O)COc1cc(C)cc(C)c1. The fourth-order valence-electron chi connectivity index (χ4n) is 4.68. The van der Waals surface area contributed by atoms with Crippen LogP contribution in [-0.4, -0.2) is 35.4 Å². The van der Waals surface area contributed by atoms with Gasteiger partial charge in [-0.2, -0.15) is 0 Å². The van der Waals surface area contributed by atoms with Gasteiger partial charge in [-0.15, -0.1) is 0 Å². The zero-order chi connectivity index (χ0) is 23.8. The minimum Gasteiger partial charge on any atom is -0.484 e. The van der Waals surface area contributed by atoms with E-state index in [1.165, 1.54) is 6.42 Å². The van der Waals surface area contributed by atoms with Gasteiger partial charge >= 0.3 is 0 Å². The van der Waals surface area contributed by atoms with E-state index in [1.54, 1.807) is 4.90 Å². The van der Waals surface area contributed by atoms with Crippen LogP contribution in [-0.2, 0) is 16.1 Å². The number of nitrogens with one attached hydrogen (secondary N) is 1. The first kappa shape index (κ1) is 24.8. The zero-order valence-electron chi connectivity index (χ0n) is 20.5. The van der Waals surface area contributed by atoms with Crippen LogP contribution in [0.1, 0.15) is 67.7 Å². The molecule has 1 fully saturated rings. The Bertz CT molecular complexity index is 930. The fraction of sp³-hybridized carbons (Fsp3) is 0.500. The second-order valence-electron chi connectivity index (χ2n) is 9.33. The van der Waals surface area contributed by atoms with Gasteiger partial charge in [0.1, 0.15) is 11.8 Å². The average molecular weight is 451 g/mol. The summed E-state index contributed by atoms with van der Waals surface area (Å²) in [5.74, 6) is 0.442. The number of amides is 2.